The van der Waals surface area contributed by atoms with Gasteiger partial charge in [0, 0.05) is 36.1 Å². The number of ether oxygens (including phenoxy) is 1. The average molecular weight is 584 g/mol. The van der Waals surface area contributed by atoms with Gasteiger partial charge in [-0.15, -0.1) is 0 Å². The molecule has 0 bridgehead atoms. The van der Waals surface area contributed by atoms with Crippen LogP contribution in [0.25, 0.3) is 0 Å². The molecule has 2 amide bonds. The van der Waals surface area contributed by atoms with E-state index in [9.17, 15) is 24.0 Å². The van der Waals surface area contributed by atoms with Gasteiger partial charge in [0.15, 0.2) is 11.6 Å². The lowest BCUT2D eigenvalue weighted by atomic mass is 9.59. The molecule has 5 rings (SSSR count). The van der Waals surface area contributed by atoms with Crippen LogP contribution in [0.2, 0.25) is 0 Å². The van der Waals surface area contributed by atoms with Crippen molar-refractivity contribution in [2.75, 3.05) is 19.8 Å². The zero-order chi connectivity index (χ0) is 27.1. The van der Waals surface area contributed by atoms with E-state index in [0.717, 1.165) is 11.1 Å². The standard InChI is InChI=1S/C28H26BrNO8/c29-20-13-21(32)25-19(26(20)35)12-18-16(23(25)14-3-5-15(6-4-14)38-11-10-31)7-8-17-24(18)28(37)30(27(17)36)9-1-2-22(33)34/h3-7,13,17-18,23-24,31H,1-2,8-12H2,(H,33,34)/t17-,18+,23-,24-/m0/s1. The second-order valence-corrected chi connectivity index (χ2v) is 10.7. The van der Waals surface area contributed by atoms with Gasteiger partial charge < -0.3 is 14.9 Å². The number of rotatable bonds is 8. The Morgan fingerprint density at radius 2 is 1.82 bits per heavy atom. The van der Waals surface area contributed by atoms with Crippen molar-refractivity contribution in [3.8, 4) is 5.75 Å². The summed E-state index contributed by atoms with van der Waals surface area (Å²) >= 11 is 3.21. The largest absolute Gasteiger partial charge is 0.491 e. The number of carboxylic acid groups (broad SMARTS) is 1. The second-order valence-electron chi connectivity index (χ2n) is 9.86. The van der Waals surface area contributed by atoms with Gasteiger partial charge in [0.25, 0.3) is 0 Å². The van der Waals surface area contributed by atoms with Gasteiger partial charge >= 0.3 is 5.97 Å². The number of allylic oxidation sites excluding steroid dienone is 6. The summed E-state index contributed by atoms with van der Waals surface area (Å²) in [6.07, 6.45) is 3.75. The van der Waals surface area contributed by atoms with Gasteiger partial charge in [-0.25, -0.2) is 0 Å². The van der Waals surface area contributed by atoms with E-state index in [1.807, 2.05) is 18.2 Å². The summed E-state index contributed by atoms with van der Waals surface area (Å²) in [6.45, 7) is 0.0479. The van der Waals surface area contributed by atoms with Gasteiger partial charge in [-0.05, 0) is 58.8 Å². The predicted molar refractivity (Wildman–Crippen MR) is 137 cm³/mol. The Labute approximate surface area is 227 Å². The van der Waals surface area contributed by atoms with E-state index in [4.69, 9.17) is 14.9 Å². The van der Waals surface area contributed by atoms with Gasteiger partial charge in [-0.3, -0.25) is 28.9 Å². The lowest BCUT2D eigenvalue weighted by Gasteiger charge is -2.42. The van der Waals surface area contributed by atoms with Crippen molar-refractivity contribution in [2.45, 2.75) is 31.6 Å². The molecule has 0 saturated carbocycles. The van der Waals surface area contributed by atoms with Crippen LogP contribution in [-0.4, -0.2) is 64.2 Å². The molecule has 2 N–H and O–H groups in total. The summed E-state index contributed by atoms with van der Waals surface area (Å²) < 4.78 is 5.63. The highest BCUT2D eigenvalue weighted by Gasteiger charge is 2.56. The minimum absolute atomic E-state index is 0.0391. The molecule has 1 heterocycles. The molecule has 4 atom stereocenters. The predicted octanol–water partition coefficient (Wildman–Crippen LogP) is 2.68. The smallest absolute Gasteiger partial charge is 0.303 e. The second kappa shape index (κ2) is 10.4. The van der Waals surface area contributed by atoms with E-state index in [1.54, 1.807) is 12.1 Å². The summed E-state index contributed by atoms with van der Waals surface area (Å²) in [5.41, 5.74) is 2.33. The third kappa shape index (κ3) is 4.45. The number of aliphatic hydroxyl groups excluding tert-OH is 1. The van der Waals surface area contributed by atoms with E-state index in [2.05, 4.69) is 15.9 Å². The molecule has 1 saturated heterocycles. The number of ketones is 2. The van der Waals surface area contributed by atoms with E-state index in [-0.39, 0.29) is 66.9 Å². The topological polar surface area (TPSA) is 138 Å². The fourth-order valence-corrected chi connectivity index (χ4v) is 6.63. The Bertz CT molecular complexity index is 1320. The Balaban J connectivity index is 1.53. The third-order valence-electron chi connectivity index (χ3n) is 7.77. The molecule has 10 heteroatoms. The van der Waals surface area contributed by atoms with Gasteiger partial charge in [0.1, 0.15) is 12.4 Å². The van der Waals surface area contributed by atoms with Crippen molar-refractivity contribution >= 4 is 45.3 Å². The highest BCUT2D eigenvalue weighted by Crippen LogP contribution is 2.55. The van der Waals surface area contributed by atoms with E-state index in [0.29, 0.717) is 23.3 Å². The zero-order valence-electron chi connectivity index (χ0n) is 20.4. The highest BCUT2D eigenvalue weighted by molar-refractivity contribution is 9.12. The number of carboxylic acids is 1. The summed E-state index contributed by atoms with van der Waals surface area (Å²) in [7, 11) is 0. The minimum Gasteiger partial charge on any atom is -0.491 e. The number of benzene rings is 1. The number of aliphatic hydroxyl groups is 1. The van der Waals surface area contributed by atoms with Crippen molar-refractivity contribution in [1.82, 2.24) is 4.90 Å². The molecule has 9 nitrogen and oxygen atoms in total. The Morgan fingerprint density at radius 1 is 1.08 bits per heavy atom. The van der Waals surface area contributed by atoms with Crippen LogP contribution in [-0.2, 0) is 24.0 Å². The van der Waals surface area contributed by atoms with Crippen molar-refractivity contribution in [2.24, 2.45) is 17.8 Å². The molecule has 0 spiro atoms. The molecule has 0 radical (unpaired) electrons. The Hall–Kier alpha value is -3.37. The highest BCUT2D eigenvalue weighted by atomic mass is 79.9. The van der Waals surface area contributed by atoms with Crippen molar-refractivity contribution in [1.29, 1.82) is 0 Å². The number of halogens is 1. The summed E-state index contributed by atoms with van der Waals surface area (Å²) in [5, 5.41) is 18.0. The van der Waals surface area contributed by atoms with E-state index >= 15 is 0 Å². The van der Waals surface area contributed by atoms with Crippen LogP contribution in [0, 0.1) is 17.8 Å². The molecule has 4 aliphatic rings. The fraction of sp³-hybridized carbons (Fsp3) is 0.393. The Morgan fingerprint density at radius 3 is 2.50 bits per heavy atom. The lowest BCUT2D eigenvalue weighted by Crippen LogP contribution is -2.39. The van der Waals surface area contributed by atoms with Crippen LogP contribution in [0.1, 0.15) is 37.2 Å². The molecule has 38 heavy (non-hydrogen) atoms. The first-order valence-corrected chi connectivity index (χ1v) is 13.3. The number of nitrogens with zero attached hydrogens (tertiary/aromatic N) is 1. The van der Waals surface area contributed by atoms with E-state index in [1.165, 1.54) is 11.0 Å². The average Bonchev–Trinajstić information content (AvgIpc) is 3.14. The maximum Gasteiger partial charge on any atom is 0.303 e. The molecule has 3 aliphatic carbocycles. The number of fused-ring (bicyclic) bond motifs is 3. The van der Waals surface area contributed by atoms with Crippen LogP contribution < -0.4 is 4.74 Å². The SMILES string of the molecule is O=C(O)CCCN1C(=O)[C@H]2[C@H](CC=C3[C@H](c4ccc(OCCO)cc4)C4=C(C[C@H]32)C(=O)C(Br)=CC4=O)C1=O. The molecular formula is C28H26BrNO8. The molecule has 1 aromatic carbocycles. The number of Topliss-reactive ketones (excluding diaryl/α,β-unsaturated/α-hetero) is 1. The van der Waals surface area contributed by atoms with Crippen LogP contribution in [0.3, 0.4) is 0 Å². The van der Waals surface area contributed by atoms with Crippen molar-refractivity contribution < 1.29 is 38.9 Å². The molecule has 1 aliphatic heterocycles. The first-order valence-electron chi connectivity index (χ1n) is 12.5. The number of hydrogen-bond acceptors (Lipinski definition) is 7. The van der Waals surface area contributed by atoms with Gasteiger partial charge in [-0.2, -0.15) is 0 Å². The number of carbonyl (C=O) groups is 5. The summed E-state index contributed by atoms with van der Waals surface area (Å²) in [4.78, 5) is 65.3. The fourth-order valence-electron chi connectivity index (χ4n) is 6.18. The van der Waals surface area contributed by atoms with Crippen LogP contribution >= 0.6 is 15.9 Å². The van der Waals surface area contributed by atoms with Crippen molar-refractivity contribution in [3.05, 3.63) is 63.2 Å². The van der Waals surface area contributed by atoms with Gasteiger partial charge in [-0.1, -0.05) is 23.8 Å². The Kier molecular flexibility index (Phi) is 7.19. The van der Waals surface area contributed by atoms with Crippen LogP contribution in [0.5, 0.6) is 5.75 Å². The quantitative estimate of drug-likeness (QED) is 0.270. The summed E-state index contributed by atoms with van der Waals surface area (Å²) in [6, 6.07) is 7.08. The van der Waals surface area contributed by atoms with Crippen LogP contribution in [0.4, 0.5) is 0 Å². The number of aliphatic carboxylic acids is 1. The molecule has 0 unspecified atom stereocenters. The number of likely N-dealkylation sites (tertiary alicyclic amines) is 1. The number of imide groups is 1. The zero-order valence-corrected chi connectivity index (χ0v) is 22.0. The first-order chi connectivity index (χ1) is 18.2. The van der Waals surface area contributed by atoms with Crippen molar-refractivity contribution in [3.63, 3.8) is 0 Å². The molecular weight excluding hydrogens is 558 g/mol. The van der Waals surface area contributed by atoms with Crippen LogP contribution in [0.15, 0.2) is 57.6 Å². The van der Waals surface area contributed by atoms with E-state index < -0.39 is 29.6 Å². The van der Waals surface area contributed by atoms with Gasteiger partial charge in [0.2, 0.25) is 11.8 Å². The maximum absolute atomic E-state index is 13.5. The molecule has 1 aromatic rings. The minimum atomic E-state index is -0.994. The number of carbonyl (C=O) groups excluding carboxylic acids is 4. The molecule has 198 valence electrons. The molecule has 0 aromatic heterocycles. The number of hydrogen-bond donors (Lipinski definition) is 2. The lowest BCUT2D eigenvalue weighted by molar-refractivity contribution is -0.142. The number of amides is 2. The normalized spacial score (nSPS) is 26.5. The first kappa shape index (κ1) is 26.2. The molecule has 1 fully saturated rings. The third-order valence-corrected chi connectivity index (χ3v) is 8.36. The monoisotopic (exact) mass is 583 g/mol. The maximum atomic E-state index is 13.5. The summed E-state index contributed by atoms with van der Waals surface area (Å²) in [5.74, 6) is -3.94. The van der Waals surface area contributed by atoms with Gasteiger partial charge in [0.05, 0.1) is 22.9 Å².